The van der Waals surface area contributed by atoms with Crippen LogP contribution in [-0.2, 0) is 11.3 Å². The molecule has 94 valence electrons. The Kier molecular flexibility index (Phi) is 4.29. The molecule has 0 N–H and O–H groups in total. The number of nitrogens with zero attached hydrogens (tertiary/aromatic N) is 3. The van der Waals surface area contributed by atoms with E-state index in [-0.39, 0.29) is 5.69 Å². The van der Waals surface area contributed by atoms with E-state index in [1.807, 2.05) is 24.3 Å². The third-order valence-electron chi connectivity index (χ3n) is 2.28. The van der Waals surface area contributed by atoms with Crippen molar-refractivity contribution in [2.75, 3.05) is 6.61 Å². The summed E-state index contributed by atoms with van der Waals surface area (Å²) in [4.78, 5) is 11.4. The summed E-state index contributed by atoms with van der Waals surface area (Å²) in [5.74, 6) is -0.439. The summed E-state index contributed by atoms with van der Waals surface area (Å²) in [6.45, 7) is 2.68. The molecule has 2 aromatic rings. The number of carbonyl (C=O) groups excluding carboxylic acids is 1. The van der Waals surface area contributed by atoms with E-state index in [0.717, 1.165) is 5.56 Å². The number of hydrogen-bond donors (Lipinski definition) is 0. The average Bonchev–Trinajstić information content (AvgIpc) is 2.81. The van der Waals surface area contributed by atoms with Crippen LogP contribution in [0.15, 0.2) is 30.5 Å². The molecule has 0 aliphatic heterocycles. The summed E-state index contributed by atoms with van der Waals surface area (Å²) in [6.07, 6.45) is 1.59. The fraction of sp³-hybridized carbons (Fsp3) is 0.250. The Morgan fingerprint density at radius 3 is 2.78 bits per heavy atom. The van der Waals surface area contributed by atoms with Gasteiger partial charge in [-0.3, -0.25) is 0 Å². The minimum Gasteiger partial charge on any atom is -0.461 e. The largest absolute Gasteiger partial charge is 0.461 e. The first-order valence-electron chi connectivity index (χ1n) is 5.50. The van der Waals surface area contributed by atoms with Crippen LogP contribution in [0, 0.1) is 3.57 Å². The molecule has 1 aromatic carbocycles. The molecule has 18 heavy (non-hydrogen) atoms. The molecule has 2 rings (SSSR count). The van der Waals surface area contributed by atoms with Crippen LogP contribution in [0.3, 0.4) is 0 Å². The van der Waals surface area contributed by atoms with E-state index in [9.17, 15) is 4.79 Å². The quantitative estimate of drug-likeness (QED) is 0.621. The number of ether oxygens (including phenoxy) is 1. The van der Waals surface area contributed by atoms with Gasteiger partial charge in [0.05, 0.1) is 19.3 Å². The Morgan fingerprint density at radius 2 is 2.11 bits per heavy atom. The third-order valence-corrected chi connectivity index (χ3v) is 3.00. The summed E-state index contributed by atoms with van der Waals surface area (Å²) in [5.41, 5.74) is 1.35. The van der Waals surface area contributed by atoms with Gasteiger partial charge < -0.3 is 4.74 Å². The fourth-order valence-corrected chi connectivity index (χ4v) is 1.81. The van der Waals surface area contributed by atoms with E-state index in [1.165, 1.54) is 3.57 Å². The summed E-state index contributed by atoms with van der Waals surface area (Å²) in [5, 5.41) is 7.69. The summed E-state index contributed by atoms with van der Waals surface area (Å²) in [7, 11) is 0. The molecule has 0 aliphatic rings. The molecular weight excluding hydrogens is 345 g/mol. The van der Waals surface area contributed by atoms with Crippen molar-refractivity contribution in [2.24, 2.45) is 0 Å². The normalized spacial score (nSPS) is 10.3. The molecule has 0 atom stereocenters. The minimum absolute atomic E-state index is 0.238. The molecule has 0 aliphatic carbocycles. The molecule has 1 heterocycles. The Hall–Kier alpha value is -1.44. The van der Waals surface area contributed by atoms with E-state index in [1.54, 1.807) is 17.8 Å². The lowest BCUT2D eigenvalue weighted by Crippen LogP contribution is -2.05. The lowest BCUT2D eigenvalue weighted by molar-refractivity contribution is 0.0519. The molecule has 0 spiro atoms. The highest BCUT2D eigenvalue weighted by molar-refractivity contribution is 14.1. The molecule has 6 heteroatoms. The lowest BCUT2D eigenvalue weighted by Gasteiger charge is -2.00. The van der Waals surface area contributed by atoms with Crippen molar-refractivity contribution >= 4 is 28.6 Å². The van der Waals surface area contributed by atoms with Gasteiger partial charge in [-0.1, -0.05) is 17.3 Å². The molecule has 0 bridgehead atoms. The number of halogens is 1. The van der Waals surface area contributed by atoms with E-state index in [2.05, 4.69) is 32.9 Å². The second-order valence-electron chi connectivity index (χ2n) is 3.65. The third kappa shape index (κ3) is 3.28. The Morgan fingerprint density at radius 1 is 1.39 bits per heavy atom. The minimum atomic E-state index is -0.439. The van der Waals surface area contributed by atoms with Crippen molar-refractivity contribution in [3.05, 3.63) is 45.3 Å². The monoisotopic (exact) mass is 357 g/mol. The molecule has 0 amide bonds. The van der Waals surface area contributed by atoms with Crippen LogP contribution in [0.2, 0.25) is 0 Å². The van der Waals surface area contributed by atoms with Crippen molar-refractivity contribution in [3.8, 4) is 0 Å². The van der Waals surface area contributed by atoms with Crippen LogP contribution in [0.5, 0.6) is 0 Å². The zero-order valence-corrected chi connectivity index (χ0v) is 12.0. The van der Waals surface area contributed by atoms with Gasteiger partial charge >= 0.3 is 5.97 Å². The molecule has 0 unspecified atom stereocenters. The Balaban J connectivity index is 2.06. The highest BCUT2D eigenvalue weighted by Gasteiger charge is 2.11. The number of hydrogen-bond acceptors (Lipinski definition) is 4. The Labute approximate surface area is 118 Å². The van der Waals surface area contributed by atoms with Crippen molar-refractivity contribution in [2.45, 2.75) is 13.5 Å². The summed E-state index contributed by atoms with van der Waals surface area (Å²) in [6, 6.07) is 8.10. The predicted octanol–water partition coefficient (Wildman–Crippen LogP) is 2.11. The number of carbonyl (C=O) groups is 1. The van der Waals surface area contributed by atoms with Gasteiger partial charge in [0.15, 0.2) is 5.69 Å². The van der Waals surface area contributed by atoms with Crippen LogP contribution >= 0.6 is 22.6 Å². The van der Waals surface area contributed by atoms with Crippen LogP contribution in [0.1, 0.15) is 23.0 Å². The zero-order valence-electron chi connectivity index (χ0n) is 9.84. The first-order chi connectivity index (χ1) is 8.69. The molecule has 0 radical (unpaired) electrons. The highest BCUT2D eigenvalue weighted by atomic mass is 127. The van der Waals surface area contributed by atoms with Gasteiger partial charge in [0, 0.05) is 3.57 Å². The Bertz CT molecular complexity index is 537. The van der Waals surface area contributed by atoms with Crippen molar-refractivity contribution in [3.63, 3.8) is 0 Å². The van der Waals surface area contributed by atoms with Gasteiger partial charge in [0.25, 0.3) is 0 Å². The predicted molar refractivity (Wildman–Crippen MR) is 74.2 cm³/mol. The second kappa shape index (κ2) is 5.94. The van der Waals surface area contributed by atoms with Gasteiger partial charge in [-0.15, -0.1) is 5.10 Å². The highest BCUT2D eigenvalue weighted by Crippen LogP contribution is 2.08. The standard InChI is InChI=1S/C12H12IN3O2/c1-2-18-12(17)11-8-16(15-14-11)7-9-3-5-10(13)6-4-9/h3-6,8H,2,7H2,1H3. The average molecular weight is 357 g/mol. The van der Waals surface area contributed by atoms with Crippen LogP contribution in [0.25, 0.3) is 0 Å². The summed E-state index contributed by atoms with van der Waals surface area (Å²) >= 11 is 2.25. The lowest BCUT2D eigenvalue weighted by atomic mass is 10.2. The van der Waals surface area contributed by atoms with Crippen molar-refractivity contribution in [1.29, 1.82) is 0 Å². The van der Waals surface area contributed by atoms with Gasteiger partial charge in [0.2, 0.25) is 0 Å². The summed E-state index contributed by atoms with van der Waals surface area (Å²) < 4.78 is 7.65. The molecule has 0 saturated heterocycles. The number of esters is 1. The van der Waals surface area contributed by atoms with E-state index < -0.39 is 5.97 Å². The van der Waals surface area contributed by atoms with Gasteiger partial charge in [-0.25, -0.2) is 9.48 Å². The molecule has 1 aromatic heterocycles. The SMILES string of the molecule is CCOC(=O)c1cn(Cc2ccc(I)cc2)nn1. The van der Waals surface area contributed by atoms with Crippen LogP contribution in [-0.4, -0.2) is 27.6 Å². The van der Waals surface area contributed by atoms with Gasteiger partial charge in [0.1, 0.15) is 0 Å². The van der Waals surface area contributed by atoms with E-state index >= 15 is 0 Å². The zero-order chi connectivity index (χ0) is 13.0. The molecular formula is C12H12IN3O2. The molecule has 5 nitrogen and oxygen atoms in total. The smallest absolute Gasteiger partial charge is 0.360 e. The fourth-order valence-electron chi connectivity index (χ4n) is 1.45. The van der Waals surface area contributed by atoms with Crippen molar-refractivity contribution in [1.82, 2.24) is 15.0 Å². The number of aromatic nitrogens is 3. The van der Waals surface area contributed by atoms with Crippen LogP contribution in [0.4, 0.5) is 0 Å². The topological polar surface area (TPSA) is 57.0 Å². The molecule has 0 saturated carbocycles. The molecule has 0 fully saturated rings. The number of benzene rings is 1. The van der Waals surface area contributed by atoms with Crippen molar-refractivity contribution < 1.29 is 9.53 Å². The van der Waals surface area contributed by atoms with E-state index in [0.29, 0.717) is 13.2 Å². The van der Waals surface area contributed by atoms with Crippen LogP contribution < -0.4 is 0 Å². The maximum absolute atomic E-state index is 11.4. The maximum Gasteiger partial charge on any atom is 0.360 e. The second-order valence-corrected chi connectivity index (χ2v) is 4.89. The first kappa shape index (κ1) is 13.0. The first-order valence-corrected chi connectivity index (χ1v) is 6.58. The maximum atomic E-state index is 11.4. The van der Waals surface area contributed by atoms with Gasteiger partial charge in [-0.2, -0.15) is 0 Å². The van der Waals surface area contributed by atoms with Gasteiger partial charge in [-0.05, 0) is 47.2 Å². The van der Waals surface area contributed by atoms with E-state index in [4.69, 9.17) is 4.74 Å². The number of rotatable bonds is 4.